The molecule has 9 heteroatoms. The Morgan fingerprint density at radius 2 is 1.58 bits per heavy atom. The molecule has 0 aromatic rings. The average molecular weight is 447 g/mol. The van der Waals surface area contributed by atoms with Crippen molar-refractivity contribution in [2.45, 2.75) is 89.7 Å². The van der Waals surface area contributed by atoms with Gasteiger partial charge in [0.2, 0.25) is 0 Å². The zero-order chi connectivity index (χ0) is 22.9. The Kier molecular flexibility index (Phi) is 7.28. The molecule has 2 heterocycles. The number of likely N-dealkylation sites (tertiary alicyclic amines) is 2. The minimum absolute atomic E-state index is 0.184. The predicted octanol–water partition coefficient (Wildman–Crippen LogP) is 3.17. The van der Waals surface area contributed by atoms with Crippen molar-refractivity contribution in [3.05, 3.63) is 0 Å². The summed E-state index contributed by atoms with van der Waals surface area (Å²) < 4.78 is 45.0. The maximum Gasteiger partial charge on any atom is 0.371 e. The zero-order valence-corrected chi connectivity index (χ0v) is 19.1. The second-order valence-electron chi connectivity index (χ2n) is 9.86. The van der Waals surface area contributed by atoms with E-state index in [9.17, 15) is 18.4 Å². The lowest BCUT2D eigenvalue weighted by Crippen LogP contribution is -2.76. The highest BCUT2D eigenvalue weighted by molar-refractivity contribution is 5.79. The van der Waals surface area contributed by atoms with Gasteiger partial charge in [0.1, 0.15) is 5.60 Å². The summed E-state index contributed by atoms with van der Waals surface area (Å²) in [5.41, 5.74) is -0.777. The standard InChI is InChI=1S/C22H36F2N2O5/c1-5-29-18(27)16-8-10-17(11-9-16)30-22(25-12-6-7-13-25,19(28)31-20(2,3)4)26-14-21(23,24)15-26/h16-17H,5-15H2,1-4H3/t16-,17-,22?. The molecule has 0 amide bonds. The van der Waals surface area contributed by atoms with E-state index in [1.807, 2.05) is 4.90 Å². The van der Waals surface area contributed by atoms with Crippen LogP contribution in [0, 0.1) is 5.92 Å². The molecule has 1 unspecified atom stereocenters. The number of rotatable bonds is 7. The third kappa shape index (κ3) is 5.54. The second-order valence-corrected chi connectivity index (χ2v) is 9.86. The van der Waals surface area contributed by atoms with E-state index >= 15 is 0 Å². The largest absolute Gasteiger partial charge is 0.466 e. The van der Waals surface area contributed by atoms with E-state index in [1.54, 1.807) is 27.7 Å². The molecule has 31 heavy (non-hydrogen) atoms. The lowest BCUT2D eigenvalue weighted by atomic mass is 9.87. The van der Waals surface area contributed by atoms with Gasteiger partial charge >= 0.3 is 11.9 Å². The van der Waals surface area contributed by atoms with Gasteiger partial charge in [0.25, 0.3) is 11.8 Å². The first-order valence-electron chi connectivity index (χ1n) is 11.4. The predicted molar refractivity (Wildman–Crippen MR) is 109 cm³/mol. The molecular formula is C22H36F2N2O5. The summed E-state index contributed by atoms with van der Waals surface area (Å²) >= 11 is 0. The van der Waals surface area contributed by atoms with Crippen molar-refractivity contribution >= 4 is 11.9 Å². The maximum absolute atomic E-state index is 13.9. The molecule has 3 aliphatic rings. The van der Waals surface area contributed by atoms with Gasteiger partial charge < -0.3 is 14.2 Å². The van der Waals surface area contributed by atoms with Crippen LogP contribution in [0.1, 0.15) is 66.2 Å². The van der Waals surface area contributed by atoms with Crippen molar-refractivity contribution in [3.63, 3.8) is 0 Å². The fourth-order valence-electron chi connectivity index (χ4n) is 4.66. The van der Waals surface area contributed by atoms with E-state index < -0.39 is 36.4 Å². The van der Waals surface area contributed by atoms with Crippen molar-refractivity contribution in [2.24, 2.45) is 5.92 Å². The molecule has 0 spiro atoms. The molecule has 178 valence electrons. The van der Waals surface area contributed by atoms with Crippen molar-refractivity contribution < 1.29 is 32.6 Å². The molecule has 3 rings (SSSR count). The molecular weight excluding hydrogens is 410 g/mol. The molecule has 7 nitrogen and oxygen atoms in total. The van der Waals surface area contributed by atoms with Crippen LogP contribution in [0.25, 0.3) is 0 Å². The molecule has 1 saturated carbocycles. The highest BCUT2D eigenvalue weighted by Crippen LogP contribution is 2.41. The van der Waals surface area contributed by atoms with Gasteiger partial charge in [-0.25, -0.2) is 18.5 Å². The fraction of sp³-hybridized carbons (Fsp3) is 0.909. The number of alkyl halides is 2. The number of ether oxygens (including phenoxy) is 3. The molecule has 2 aliphatic heterocycles. The smallest absolute Gasteiger partial charge is 0.371 e. The summed E-state index contributed by atoms with van der Waals surface area (Å²) in [5.74, 6) is -5.53. The summed E-state index contributed by atoms with van der Waals surface area (Å²) in [6.07, 6.45) is 3.71. The Hall–Kier alpha value is -1.32. The van der Waals surface area contributed by atoms with Crippen LogP contribution in [0.4, 0.5) is 8.78 Å². The summed E-state index contributed by atoms with van der Waals surface area (Å²) in [6, 6.07) is 0. The number of hydrogen-bond donors (Lipinski definition) is 0. The second kappa shape index (κ2) is 9.27. The highest BCUT2D eigenvalue weighted by Gasteiger charge is 2.63. The monoisotopic (exact) mass is 446 g/mol. The van der Waals surface area contributed by atoms with Crippen LogP contribution in [0.15, 0.2) is 0 Å². The van der Waals surface area contributed by atoms with Crippen LogP contribution in [0.3, 0.4) is 0 Å². The van der Waals surface area contributed by atoms with E-state index in [4.69, 9.17) is 14.2 Å². The van der Waals surface area contributed by atoms with E-state index in [0.717, 1.165) is 12.8 Å². The molecule has 0 N–H and O–H groups in total. The van der Waals surface area contributed by atoms with Crippen molar-refractivity contribution in [1.29, 1.82) is 0 Å². The minimum Gasteiger partial charge on any atom is -0.466 e. The molecule has 3 fully saturated rings. The number of halogens is 2. The Morgan fingerprint density at radius 3 is 2.06 bits per heavy atom. The number of hydrogen-bond acceptors (Lipinski definition) is 7. The molecule has 1 aliphatic carbocycles. The van der Waals surface area contributed by atoms with E-state index in [-0.39, 0.29) is 18.0 Å². The lowest BCUT2D eigenvalue weighted by Gasteiger charge is -2.54. The quantitative estimate of drug-likeness (QED) is 0.557. The molecule has 0 bridgehead atoms. The molecule has 0 aromatic carbocycles. The number of carbonyl (C=O) groups is 2. The lowest BCUT2D eigenvalue weighted by molar-refractivity contribution is -0.318. The minimum atomic E-state index is -2.85. The zero-order valence-electron chi connectivity index (χ0n) is 19.1. The van der Waals surface area contributed by atoms with Crippen molar-refractivity contribution in [2.75, 3.05) is 32.8 Å². The third-order valence-corrected chi connectivity index (χ3v) is 6.10. The van der Waals surface area contributed by atoms with E-state index in [0.29, 0.717) is 45.4 Å². The van der Waals surface area contributed by atoms with E-state index in [1.165, 1.54) is 4.90 Å². The molecule has 2 saturated heterocycles. The van der Waals surface area contributed by atoms with Crippen molar-refractivity contribution in [3.8, 4) is 0 Å². The Morgan fingerprint density at radius 1 is 1.00 bits per heavy atom. The molecule has 1 atom stereocenters. The van der Waals surface area contributed by atoms with Gasteiger partial charge in [0.15, 0.2) is 0 Å². The van der Waals surface area contributed by atoms with Gasteiger partial charge in [-0.15, -0.1) is 0 Å². The summed E-state index contributed by atoms with van der Waals surface area (Å²) in [4.78, 5) is 28.8. The first-order chi connectivity index (χ1) is 14.5. The third-order valence-electron chi connectivity index (χ3n) is 6.10. The topological polar surface area (TPSA) is 68.3 Å². The van der Waals surface area contributed by atoms with Crippen molar-refractivity contribution in [1.82, 2.24) is 9.80 Å². The first-order valence-corrected chi connectivity index (χ1v) is 11.4. The van der Waals surface area contributed by atoms with Gasteiger partial charge in [0, 0.05) is 13.1 Å². The average Bonchev–Trinajstić information content (AvgIpc) is 3.18. The normalized spacial score (nSPS) is 29.1. The van der Waals surface area contributed by atoms with Crippen LogP contribution in [-0.2, 0) is 23.8 Å². The summed E-state index contributed by atoms with van der Waals surface area (Å²) in [7, 11) is 0. The summed E-state index contributed by atoms with van der Waals surface area (Å²) in [6.45, 7) is 7.48. The Labute approximate surface area is 183 Å². The van der Waals surface area contributed by atoms with Gasteiger partial charge in [-0.1, -0.05) is 0 Å². The number of carbonyl (C=O) groups excluding carboxylic acids is 2. The van der Waals surface area contributed by atoms with Crippen LogP contribution >= 0.6 is 0 Å². The fourth-order valence-corrected chi connectivity index (χ4v) is 4.66. The summed E-state index contributed by atoms with van der Waals surface area (Å²) in [5, 5.41) is 0. The first kappa shape index (κ1) is 24.3. The van der Waals surface area contributed by atoms with Crippen LogP contribution in [-0.4, -0.2) is 78.0 Å². The van der Waals surface area contributed by atoms with Gasteiger partial charge in [-0.3, -0.25) is 9.69 Å². The Bertz CT molecular complexity index is 647. The number of esters is 2. The van der Waals surface area contributed by atoms with Crippen LogP contribution in [0.2, 0.25) is 0 Å². The number of nitrogens with zero attached hydrogens (tertiary/aromatic N) is 2. The van der Waals surface area contributed by atoms with Crippen LogP contribution < -0.4 is 0 Å². The molecule has 0 radical (unpaired) electrons. The SMILES string of the molecule is CCOC(=O)[C@H]1CC[C@H](OC(C(=O)OC(C)(C)C)(N2CCCC2)N2CC(F)(F)C2)CC1. The van der Waals surface area contributed by atoms with Gasteiger partial charge in [-0.2, -0.15) is 0 Å². The Balaban J connectivity index is 1.81. The maximum atomic E-state index is 13.9. The van der Waals surface area contributed by atoms with E-state index in [2.05, 4.69) is 0 Å². The highest BCUT2D eigenvalue weighted by atomic mass is 19.3. The van der Waals surface area contributed by atoms with Crippen LogP contribution in [0.5, 0.6) is 0 Å². The van der Waals surface area contributed by atoms with Gasteiger partial charge in [-0.05, 0) is 66.2 Å². The molecule has 0 aromatic heterocycles. The van der Waals surface area contributed by atoms with Gasteiger partial charge in [0.05, 0.1) is 31.7 Å².